The molecule has 0 aromatic carbocycles. The van der Waals surface area contributed by atoms with Crippen molar-refractivity contribution in [1.82, 2.24) is 10.5 Å². The van der Waals surface area contributed by atoms with E-state index in [9.17, 15) is 0 Å². The fourth-order valence-electron chi connectivity index (χ4n) is 2.81. The van der Waals surface area contributed by atoms with E-state index in [2.05, 4.69) is 31.2 Å². The minimum absolute atomic E-state index is 0.681. The second-order valence-corrected chi connectivity index (χ2v) is 5.95. The number of rotatable bonds is 6. The van der Waals surface area contributed by atoms with Gasteiger partial charge in [-0.15, -0.1) is 0 Å². The van der Waals surface area contributed by atoms with Gasteiger partial charge in [0.1, 0.15) is 11.5 Å². The van der Waals surface area contributed by atoms with Gasteiger partial charge in [-0.05, 0) is 31.2 Å². The molecule has 0 aliphatic heterocycles. The Bertz CT molecular complexity index is 371. The van der Waals surface area contributed by atoms with Crippen LogP contribution >= 0.6 is 0 Å². The van der Waals surface area contributed by atoms with Crippen molar-refractivity contribution in [2.75, 3.05) is 6.54 Å². The van der Waals surface area contributed by atoms with E-state index >= 15 is 0 Å². The molecule has 102 valence electrons. The van der Waals surface area contributed by atoms with Crippen LogP contribution in [0.5, 0.6) is 0 Å². The van der Waals surface area contributed by atoms with Crippen molar-refractivity contribution in [2.24, 2.45) is 11.8 Å². The SMILES string of the molecule is CCCC1CCc2onc(CNCC(C)C)c2C1. The third-order valence-electron chi connectivity index (χ3n) is 3.77. The Balaban J connectivity index is 1.95. The van der Waals surface area contributed by atoms with Crippen LogP contribution in [0.15, 0.2) is 4.52 Å². The van der Waals surface area contributed by atoms with Gasteiger partial charge in [-0.1, -0.05) is 38.8 Å². The lowest BCUT2D eigenvalue weighted by Crippen LogP contribution is -2.21. The molecule has 1 aromatic heterocycles. The predicted octanol–water partition coefficient (Wildman–Crippen LogP) is 3.33. The largest absolute Gasteiger partial charge is 0.361 e. The first-order chi connectivity index (χ1) is 8.70. The summed E-state index contributed by atoms with van der Waals surface area (Å²) in [5, 5.41) is 7.71. The molecule has 3 heteroatoms. The number of hydrogen-bond acceptors (Lipinski definition) is 3. The lowest BCUT2D eigenvalue weighted by molar-refractivity contribution is 0.338. The lowest BCUT2D eigenvalue weighted by Gasteiger charge is -2.20. The van der Waals surface area contributed by atoms with Crippen LogP contribution in [-0.2, 0) is 19.4 Å². The molecule has 1 atom stereocenters. The zero-order chi connectivity index (χ0) is 13.0. The fourth-order valence-corrected chi connectivity index (χ4v) is 2.81. The Morgan fingerprint density at radius 2 is 2.28 bits per heavy atom. The molecule has 1 aliphatic rings. The molecule has 3 nitrogen and oxygen atoms in total. The highest BCUT2D eigenvalue weighted by Crippen LogP contribution is 2.30. The van der Waals surface area contributed by atoms with Gasteiger partial charge in [0, 0.05) is 18.5 Å². The first-order valence-corrected chi connectivity index (χ1v) is 7.37. The smallest absolute Gasteiger partial charge is 0.140 e. The third kappa shape index (κ3) is 3.35. The maximum atomic E-state index is 5.48. The highest BCUT2D eigenvalue weighted by atomic mass is 16.5. The molecule has 1 N–H and O–H groups in total. The first kappa shape index (κ1) is 13.6. The van der Waals surface area contributed by atoms with E-state index < -0.39 is 0 Å². The van der Waals surface area contributed by atoms with E-state index in [0.29, 0.717) is 5.92 Å². The second-order valence-electron chi connectivity index (χ2n) is 5.95. The van der Waals surface area contributed by atoms with Crippen molar-refractivity contribution >= 4 is 0 Å². The molecule has 0 bridgehead atoms. The lowest BCUT2D eigenvalue weighted by atomic mass is 9.84. The fraction of sp³-hybridized carbons (Fsp3) is 0.800. The van der Waals surface area contributed by atoms with E-state index in [1.54, 1.807) is 0 Å². The van der Waals surface area contributed by atoms with Crippen LogP contribution in [-0.4, -0.2) is 11.7 Å². The highest BCUT2D eigenvalue weighted by Gasteiger charge is 2.24. The average Bonchev–Trinajstić information content (AvgIpc) is 2.72. The summed E-state index contributed by atoms with van der Waals surface area (Å²) in [6.07, 6.45) is 6.15. The Labute approximate surface area is 110 Å². The highest BCUT2D eigenvalue weighted by molar-refractivity contribution is 5.26. The molecule has 0 fully saturated rings. The summed E-state index contributed by atoms with van der Waals surface area (Å²) in [5.41, 5.74) is 2.54. The van der Waals surface area contributed by atoms with Crippen LogP contribution in [0, 0.1) is 11.8 Å². The Kier molecular flexibility index (Phi) is 4.81. The number of aryl methyl sites for hydroxylation is 1. The zero-order valence-corrected chi connectivity index (χ0v) is 12.0. The van der Waals surface area contributed by atoms with E-state index in [0.717, 1.165) is 36.9 Å². The summed E-state index contributed by atoms with van der Waals surface area (Å²) in [7, 11) is 0. The summed E-state index contributed by atoms with van der Waals surface area (Å²) < 4.78 is 5.48. The number of nitrogens with zero attached hydrogens (tertiary/aromatic N) is 1. The third-order valence-corrected chi connectivity index (χ3v) is 3.77. The summed E-state index contributed by atoms with van der Waals surface area (Å²) in [6, 6.07) is 0. The minimum atomic E-state index is 0.681. The number of aromatic nitrogens is 1. The molecule has 0 amide bonds. The van der Waals surface area contributed by atoms with Gasteiger partial charge in [0.2, 0.25) is 0 Å². The summed E-state index contributed by atoms with van der Waals surface area (Å²) in [4.78, 5) is 0. The van der Waals surface area contributed by atoms with Crippen molar-refractivity contribution < 1.29 is 4.52 Å². The molecule has 2 rings (SSSR count). The van der Waals surface area contributed by atoms with Crippen LogP contribution in [0.2, 0.25) is 0 Å². The van der Waals surface area contributed by atoms with Gasteiger partial charge in [-0.25, -0.2) is 0 Å². The summed E-state index contributed by atoms with van der Waals surface area (Å²) >= 11 is 0. The van der Waals surface area contributed by atoms with Gasteiger partial charge in [-0.2, -0.15) is 0 Å². The molecule has 1 aromatic rings. The average molecular weight is 250 g/mol. The summed E-state index contributed by atoms with van der Waals surface area (Å²) in [6.45, 7) is 8.62. The topological polar surface area (TPSA) is 38.1 Å². The number of hydrogen-bond donors (Lipinski definition) is 1. The van der Waals surface area contributed by atoms with Crippen molar-refractivity contribution in [3.63, 3.8) is 0 Å². The van der Waals surface area contributed by atoms with Crippen molar-refractivity contribution in [2.45, 2.75) is 59.4 Å². The van der Waals surface area contributed by atoms with Gasteiger partial charge < -0.3 is 9.84 Å². The van der Waals surface area contributed by atoms with Crippen LogP contribution in [0.1, 0.15) is 57.1 Å². The van der Waals surface area contributed by atoms with Crippen molar-refractivity contribution in [3.05, 3.63) is 17.0 Å². The Hall–Kier alpha value is -0.830. The van der Waals surface area contributed by atoms with E-state index in [4.69, 9.17) is 4.52 Å². The monoisotopic (exact) mass is 250 g/mol. The van der Waals surface area contributed by atoms with Gasteiger partial charge in [0.05, 0.1) is 0 Å². The second kappa shape index (κ2) is 6.37. The molecule has 0 radical (unpaired) electrons. The van der Waals surface area contributed by atoms with Crippen LogP contribution < -0.4 is 5.32 Å². The van der Waals surface area contributed by atoms with E-state index in [1.165, 1.54) is 31.2 Å². The van der Waals surface area contributed by atoms with Gasteiger partial charge >= 0.3 is 0 Å². The van der Waals surface area contributed by atoms with Crippen LogP contribution in [0.3, 0.4) is 0 Å². The van der Waals surface area contributed by atoms with Gasteiger partial charge in [0.25, 0.3) is 0 Å². The minimum Gasteiger partial charge on any atom is -0.361 e. The first-order valence-electron chi connectivity index (χ1n) is 7.37. The Morgan fingerprint density at radius 1 is 1.44 bits per heavy atom. The number of fused-ring (bicyclic) bond motifs is 1. The zero-order valence-electron chi connectivity index (χ0n) is 12.0. The number of nitrogens with one attached hydrogen (secondary N) is 1. The van der Waals surface area contributed by atoms with Crippen molar-refractivity contribution in [3.8, 4) is 0 Å². The van der Waals surface area contributed by atoms with Crippen molar-refractivity contribution in [1.29, 1.82) is 0 Å². The maximum absolute atomic E-state index is 5.48. The molecule has 1 aliphatic carbocycles. The van der Waals surface area contributed by atoms with E-state index in [1.807, 2.05) is 0 Å². The van der Waals surface area contributed by atoms with Gasteiger partial charge in [0.15, 0.2) is 0 Å². The molecular formula is C15H26N2O. The molecule has 18 heavy (non-hydrogen) atoms. The molecule has 0 saturated carbocycles. The molecular weight excluding hydrogens is 224 g/mol. The van der Waals surface area contributed by atoms with Gasteiger partial charge in [-0.3, -0.25) is 0 Å². The predicted molar refractivity (Wildman–Crippen MR) is 73.5 cm³/mol. The molecule has 0 saturated heterocycles. The quantitative estimate of drug-likeness (QED) is 0.841. The normalized spacial score (nSPS) is 19.2. The molecule has 1 unspecified atom stereocenters. The molecule has 1 heterocycles. The maximum Gasteiger partial charge on any atom is 0.140 e. The molecule has 0 spiro atoms. The van der Waals surface area contributed by atoms with E-state index in [-0.39, 0.29) is 0 Å². The van der Waals surface area contributed by atoms with Crippen LogP contribution in [0.4, 0.5) is 0 Å². The standard InChI is InChI=1S/C15H26N2O/c1-4-5-12-6-7-15-13(8-12)14(17-18-15)10-16-9-11(2)3/h11-12,16H,4-10H2,1-3H3. The summed E-state index contributed by atoms with van der Waals surface area (Å²) in [5.74, 6) is 2.66. The van der Waals surface area contributed by atoms with Crippen LogP contribution in [0.25, 0.3) is 0 Å². The Morgan fingerprint density at radius 3 is 3.00 bits per heavy atom.